The van der Waals surface area contributed by atoms with Crippen LogP contribution in [0.1, 0.15) is 140 Å². The maximum absolute atomic E-state index is 13.1. The molecule has 0 radical (unpaired) electrons. The third-order valence-corrected chi connectivity index (χ3v) is 8.41. The number of aliphatic hydroxyl groups excluding tert-OH is 1. The Kier molecular flexibility index (Phi) is 17.8. The van der Waals surface area contributed by atoms with E-state index in [9.17, 15) is 19.8 Å². The van der Waals surface area contributed by atoms with Crippen LogP contribution in [0, 0.1) is 0 Å². The molecule has 0 fully saturated rings. The highest BCUT2D eigenvalue weighted by atomic mass is 16.3. The number of phenols is 1. The fourth-order valence-corrected chi connectivity index (χ4v) is 5.86. The van der Waals surface area contributed by atoms with Gasteiger partial charge in [0.25, 0.3) is 0 Å². The zero-order valence-electron chi connectivity index (χ0n) is 27.8. The van der Waals surface area contributed by atoms with E-state index in [0.29, 0.717) is 25.1 Å². The molecule has 1 unspecified atom stereocenters. The summed E-state index contributed by atoms with van der Waals surface area (Å²) in [6.45, 7) is 9.35. The molecular formula is C37H59N3O4. The summed E-state index contributed by atoms with van der Waals surface area (Å²) in [7, 11) is 0. The lowest BCUT2D eigenvalue weighted by Crippen LogP contribution is -2.43. The van der Waals surface area contributed by atoms with E-state index < -0.39 is 6.10 Å². The average molecular weight is 610 g/mol. The van der Waals surface area contributed by atoms with Gasteiger partial charge in [-0.05, 0) is 62.4 Å². The molecule has 246 valence electrons. The Hall–Kier alpha value is -2.90. The summed E-state index contributed by atoms with van der Waals surface area (Å²) in [5, 5.41) is 29.6. The molecule has 0 aliphatic carbocycles. The summed E-state index contributed by atoms with van der Waals surface area (Å²) in [5.41, 5.74) is 2.74. The quantitative estimate of drug-likeness (QED) is 0.0472. The summed E-state index contributed by atoms with van der Waals surface area (Å²) in [5.74, 6) is -0.101. The van der Waals surface area contributed by atoms with Crippen molar-refractivity contribution in [1.82, 2.24) is 10.6 Å². The smallest absolute Gasteiger partial charge is 0.227 e. The largest absolute Gasteiger partial charge is 0.506 e. The van der Waals surface area contributed by atoms with Gasteiger partial charge in [0.1, 0.15) is 5.75 Å². The molecule has 0 aromatic heterocycles. The van der Waals surface area contributed by atoms with Crippen molar-refractivity contribution in [3.8, 4) is 5.75 Å². The molecule has 2 amide bonds. The Balaban J connectivity index is 1.88. The number of amides is 2. The van der Waals surface area contributed by atoms with Crippen LogP contribution in [-0.2, 0) is 16.0 Å². The number of likely N-dealkylation sites (N-methyl/N-ethyl adjacent to an activating group) is 1. The van der Waals surface area contributed by atoms with Gasteiger partial charge in [0.05, 0.1) is 17.7 Å². The van der Waals surface area contributed by atoms with Crippen LogP contribution in [0.3, 0.4) is 0 Å². The molecule has 0 saturated heterocycles. The van der Waals surface area contributed by atoms with Gasteiger partial charge in [0.15, 0.2) is 0 Å². The third kappa shape index (κ3) is 14.3. The molecule has 2 aromatic carbocycles. The highest BCUT2D eigenvalue weighted by Crippen LogP contribution is 2.28. The van der Waals surface area contributed by atoms with Crippen LogP contribution in [0.4, 0.5) is 5.69 Å². The van der Waals surface area contributed by atoms with Crippen LogP contribution in [0.5, 0.6) is 5.75 Å². The number of benzene rings is 2. The van der Waals surface area contributed by atoms with Crippen molar-refractivity contribution < 1.29 is 19.8 Å². The Labute approximate surface area is 266 Å². The number of hydrogen-bond acceptors (Lipinski definition) is 5. The molecule has 7 heteroatoms. The second-order valence-corrected chi connectivity index (χ2v) is 12.9. The minimum absolute atomic E-state index is 0.0500. The number of anilines is 1. The molecule has 0 bridgehead atoms. The predicted molar refractivity (Wildman–Crippen MR) is 182 cm³/mol. The molecular weight excluding hydrogens is 550 g/mol. The molecule has 0 saturated carbocycles. The van der Waals surface area contributed by atoms with E-state index in [0.717, 1.165) is 30.4 Å². The lowest BCUT2D eigenvalue weighted by Gasteiger charge is -2.29. The minimum atomic E-state index is -0.814. The van der Waals surface area contributed by atoms with Gasteiger partial charge in [0, 0.05) is 18.6 Å². The second kappa shape index (κ2) is 20.9. The van der Waals surface area contributed by atoms with Gasteiger partial charge in [-0.1, -0.05) is 114 Å². The third-order valence-electron chi connectivity index (χ3n) is 8.41. The highest BCUT2D eigenvalue weighted by Gasteiger charge is 2.23. The van der Waals surface area contributed by atoms with E-state index in [2.05, 4.69) is 54.9 Å². The van der Waals surface area contributed by atoms with Crippen LogP contribution < -0.4 is 16.0 Å². The number of aliphatic hydroxyl groups is 1. The van der Waals surface area contributed by atoms with E-state index in [1.165, 1.54) is 76.7 Å². The average Bonchev–Trinajstić information content (AvgIpc) is 2.99. The number of phenolic OH excluding ortho intramolecular Hbond substituents is 1. The Bertz CT molecular complexity index is 1100. The SMILES string of the molecule is CCCCCCCCCCCCCCC(C(=O)NCC)c1cccc(CC(C)(C)NC[C@@H](O)c2ccc(O)c(NC=O)c2)c1. The number of carbonyl (C=O) groups is 2. The van der Waals surface area contributed by atoms with Crippen LogP contribution in [0.25, 0.3) is 0 Å². The summed E-state index contributed by atoms with van der Waals surface area (Å²) in [6, 6.07) is 13.1. The van der Waals surface area contributed by atoms with Crippen molar-refractivity contribution in [2.45, 2.75) is 135 Å². The first-order chi connectivity index (χ1) is 21.2. The number of rotatable bonds is 24. The predicted octanol–water partition coefficient (Wildman–Crippen LogP) is 7.92. The second-order valence-electron chi connectivity index (χ2n) is 12.9. The first-order valence-corrected chi connectivity index (χ1v) is 17.0. The standard InChI is InChI=1S/C37H59N3O4/c1-5-7-8-9-10-11-12-13-14-15-16-17-21-32(36(44)38-6-2)30-20-18-19-29(24-30)26-37(3,4)40-27-35(43)31-22-23-34(42)33(25-31)39-28-41/h18-20,22-25,28,32,35,40,42-43H,5-17,21,26-27H2,1-4H3,(H,38,44)(H,39,41)/t32?,35-/m1/s1. The van der Waals surface area contributed by atoms with Gasteiger partial charge in [-0.15, -0.1) is 0 Å². The summed E-state index contributed by atoms with van der Waals surface area (Å²) in [6.07, 6.45) is 16.9. The normalized spacial score (nSPS) is 12.9. The molecule has 0 aliphatic rings. The van der Waals surface area contributed by atoms with E-state index in [1.54, 1.807) is 12.1 Å². The number of hydrogen-bond donors (Lipinski definition) is 5. The van der Waals surface area contributed by atoms with Gasteiger partial charge in [-0.2, -0.15) is 0 Å². The zero-order valence-corrected chi connectivity index (χ0v) is 27.8. The fourth-order valence-electron chi connectivity index (χ4n) is 5.86. The van der Waals surface area contributed by atoms with Crippen LogP contribution in [0.2, 0.25) is 0 Å². The first-order valence-electron chi connectivity index (χ1n) is 17.0. The van der Waals surface area contributed by atoms with Crippen molar-refractivity contribution in [1.29, 1.82) is 0 Å². The zero-order chi connectivity index (χ0) is 32.2. The molecule has 2 atom stereocenters. The molecule has 44 heavy (non-hydrogen) atoms. The van der Waals surface area contributed by atoms with Crippen molar-refractivity contribution in [3.63, 3.8) is 0 Å². The number of carbonyl (C=O) groups excluding carboxylic acids is 2. The van der Waals surface area contributed by atoms with E-state index >= 15 is 0 Å². The number of β-amino-alcohol motifs (C(OH)–C–C–N with tert-alkyl or cyclic N) is 1. The number of nitrogens with one attached hydrogen (secondary N) is 3. The minimum Gasteiger partial charge on any atom is -0.506 e. The Morgan fingerprint density at radius 3 is 2.11 bits per heavy atom. The van der Waals surface area contributed by atoms with Gasteiger partial charge in [-0.25, -0.2) is 0 Å². The topological polar surface area (TPSA) is 111 Å². The van der Waals surface area contributed by atoms with Gasteiger partial charge in [-0.3, -0.25) is 9.59 Å². The molecule has 2 rings (SSSR count). The molecule has 0 aliphatic heterocycles. The number of aromatic hydroxyl groups is 1. The lowest BCUT2D eigenvalue weighted by atomic mass is 9.88. The van der Waals surface area contributed by atoms with Gasteiger partial charge < -0.3 is 26.2 Å². The summed E-state index contributed by atoms with van der Waals surface area (Å²) >= 11 is 0. The van der Waals surface area contributed by atoms with Gasteiger partial charge >= 0.3 is 0 Å². The van der Waals surface area contributed by atoms with Crippen molar-refractivity contribution >= 4 is 18.0 Å². The summed E-state index contributed by atoms with van der Waals surface area (Å²) < 4.78 is 0. The van der Waals surface area contributed by atoms with Crippen molar-refractivity contribution in [2.75, 3.05) is 18.4 Å². The van der Waals surface area contributed by atoms with E-state index in [-0.39, 0.29) is 28.8 Å². The molecule has 5 N–H and O–H groups in total. The van der Waals surface area contributed by atoms with E-state index in [4.69, 9.17) is 0 Å². The van der Waals surface area contributed by atoms with Crippen molar-refractivity contribution in [2.24, 2.45) is 0 Å². The maximum atomic E-state index is 13.1. The first kappa shape index (κ1) is 37.3. The van der Waals surface area contributed by atoms with Gasteiger partial charge in [0.2, 0.25) is 12.3 Å². The van der Waals surface area contributed by atoms with E-state index in [1.807, 2.05) is 13.0 Å². The fraction of sp³-hybridized carbons (Fsp3) is 0.622. The number of unbranched alkanes of at least 4 members (excludes halogenated alkanes) is 11. The molecule has 7 nitrogen and oxygen atoms in total. The van der Waals surface area contributed by atoms with Crippen LogP contribution in [-0.4, -0.2) is 41.2 Å². The lowest BCUT2D eigenvalue weighted by molar-refractivity contribution is -0.122. The monoisotopic (exact) mass is 609 g/mol. The molecule has 0 spiro atoms. The summed E-state index contributed by atoms with van der Waals surface area (Å²) in [4.78, 5) is 23.9. The van der Waals surface area contributed by atoms with Crippen molar-refractivity contribution in [3.05, 3.63) is 59.2 Å². The highest BCUT2D eigenvalue weighted by molar-refractivity contribution is 5.83. The molecule has 2 aromatic rings. The molecule has 0 heterocycles. The Morgan fingerprint density at radius 2 is 1.50 bits per heavy atom. The maximum Gasteiger partial charge on any atom is 0.227 e. The Morgan fingerprint density at radius 1 is 0.864 bits per heavy atom. The van der Waals surface area contributed by atoms with Crippen LogP contribution in [0.15, 0.2) is 42.5 Å². The van der Waals surface area contributed by atoms with Crippen LogP contribution >= 0.6 is 0 Å².